The molecule has 0 bridgehead atoms. The summed E-state index contributed by atoms with van der Waals surface area (Å²) in [5.74, 6) is -0.0607. The van der Waals surface area contributed by atoms with E-state index < -0.39 is 17.2 Å². The smallest absolute Gasteiger partial charge is 0.329 e. The number of ether oxygens (including phenoxy) is 1. The number of nitrogens with one attached hydrogen (secondary N) is 2. The number of nitrogens with zero attached hydrogens (tertiary/aromatic N) is 2. The molecular formula is C19H19ClN4O4. The quantitative estimate of drug-likeness (QED) is 0.682. The van der Waals surface area contributed by atoms with E-state index >= 15 is 0 Å². The number of H-pyrrole nitrogens is 1. The second-order valence-corrected chi connectivity index (χ2v) is 6.67. The molecule has 2 aromatic heterocycles. The molecule has 28 heavy (non-hydrogen) atoms. The molecule has 2 N–H and O–H groups in total. The molecule has 3 aromatic rings. The number of carbonyl (C=O) groups excluding carboxylic acids is 1. The topological polar surface area (TPSA) is 106 Å². The van der Waals surface area contributed by atoms with Gasteiger partial charge in [-0.05, 0) is 31.0 Å². The van der Waals surface area contributed by atoms with Crippen molar-refractivity contribution in [2.45, 2.75) is 26.8 Å². The summed E-state index contributed by atoms with van der Waals surface area (Å²) in [6.45, 7) is 4.13. The van der Waals surface area contributed by atoms with Crippen LogP contribution in [0.2, 0.25) is 5.02 Å². The summed E-state index contributed by atoms with van der Waals surface area (Å²) in [6, 6.07) is 4.72. The molecule has 0 saturated heterocycles. The van der Waals surface area contributed by atoms with Gasteiger partial charge in [-0.3, -0.25) is 19.1 Å². The third kappa shape index (κ3) is 3.63. The van der Waals surface area contributed by atoms with Gasteiger partial charge in [-0.1, -0.05) is 18.5 Å². The fourth-order valence-corrected chi connectivity index (χ4v) is 3.00. The van der Waals surface area contributed by atoms with Crippen molar-refractivity contribution in [3.05, 3.63) is 61.4 Å². The molecular weight excluding hydrogens is 384 g/mol. The van der Waals surface area contributed by atoms with E-state index in [1.54, 1.807) is 12.1 Å². The highest BCUT2D eigenvalue weighted by atomic mass is 35.5. The van der Waals surface area contributed by atoms with Gasteiger partial charge in [0.1, 0.15) is 11.4 Å². The normalized spacial score (nSPS) is 10.9. The van der Waals surface area contributed by atoms with Crippen LogP contribution in [-0.2, 0) is 6.54 Å². The van der Waals surface area contributed by atoms with Crippen LogP contribution >= 0.6 is 11.6 Å². The van der Waals surface area contributed by atoms with Crippen molar-refractivity contribution in [1.82, 2.24) is 14.5 Å². The zero-order chi connectivity index (χ0) is 20.4. The molecule has 0 saturated carbocycles. The molecule has 8 nitrogen and oxygen atoms in total. The first-order valence-corrected chi connectivity index (χ1v) is 9.01. The van der Waals surface area contributed by atoms with Gasteiger partial charge in [0.25, 0.3) is 11.5 Å². The maximum atomic E-state index is 12.7. The molecule has 146 valence electrons. The van der Waals surface area contributed by atoms with Crippen molar-refractivity contribution in [2.24, 2.45) is 0 Å². The largest absolute Gasteiger partial charge is 0.495 e. The number of anilines is 1. The summed E-state index contributed by atoms with van der Waals surface area (Å²) in [4.78, 5) is 43.3. The number of amides is 1. The van der Waals surface area contributed by atoms with Crippen LogP contribution in [0.15, 0.2) is 34.0 Å². The molecule has 0 aliphatic rings. The Morgan fingerprint density at radius 2 is 2.07 bits per heavy atom. The van der Waals surface area contributed by atoms with E-state index in [0.717, 1.165) is 5.56 Å². The van der Waals surface area contributed by atoms with Gasteiger partial charge < -0.3 is 10.1 Å². The molecule has 0 atom stereocenters. The number of methoxy groups -OCH3 is 1. The SMILES string of the molecule is CCCn1c(=O)[nH]c(=O)c2cc(C(=O)Nc3cc(C)c(Cl)cc3OC)cnc21. The molecule has 2 heterocycles. The number of fused-ring (bicyclic) bond motifs is 1. The molecule has 0 aliphatic carbocycles. The minimum Gasteiger partial charge on any atom is -0.495 e. The van der Waals surface area contributed by atoms with Gasteiger partial charge in [-0.25, -0.2) is 9.78 Å². The Labute approximate surface area is 165 Å². The van der Waals surface area contributed by atoms with Crippen LogP contribution in [0.1, 0.15) is 29.3 Å². The highest BCUT2D eigenvalue weighted by Crippen LogP contribution is 2.31. The monoisotopic (exact) mass is 402 g/mol. The number of halogens is 1. The van der Waals surface area contributed by atoms with Crippen LogP contribution in [0, 0.1) is 6.92 Å². The van der Waals surface area contributed by atoms with Gasteiger partial charge in [0.05, 0.1) is 23.7 Å². The fraction of sp³-hybridized carbons (Fsp3) is 0.263. The van der Waals surface area contributed by atoms with Crippen LogP contribution in [-0.4, -0.2) is 27.6 Å². The lowest BCUT2D eigenvalue weighted by atomic mass is 10.1. The number of benzene rings is 1. The minimum absolute atomic E-state index is 0.167. The van der Waals surface area contributed by atoms with E-state index in [0.29, 0.717) is 29.4 Å². The Hall–Kier alpha value is -3.13. The molecule has 3 rings (SSSR count). The molecule has 0 radical (unpaired) electrons. The maximum Gasteiger partial charge on any atom is 0.329 e. The molecule has 0 aliphatic heterocycles. The summed E-state index contributed by atoms with van der Waals surface area (Å²) < 4.78 is 6.63. The van der Waals surface area contributed by atoms with E-state index in [9.17, 15) is 14.4 Å². The van der Waals surface area contributed by atoms with Crippen molar-refractivity contribution >= 4 is 34.2 Å². The molecule has 9 heteroatoms. The fourth-order valence-electron chi connectivity index (χ4n) is 2.85. The van der Waals surface area contributed by atoms with Crippen molar-refractivity contribution in [3.63, 3.8) is 0 Å². The third-order valence-electron chi connectivity index (χ3n) is 4.27. The summed E-state index contributed by atoms with van der Waals surface area (Å²) in [7, 11) is 1.47. The Morgan fingerprint density at radius 1 is 1.32 bits per heavy atom. The van der Waals surface area contributed by atoms with Gasteiger partial charge in [0.15, 0.2) is 0 Å². The minimum atomic E-state index is -0.588. The third-order valence-corrected chi connectivity index (χ3v) is 4.68. The van der Waals surface area contributed by atoms with Crippen molar-refractivity contribution in [2.75, 3.05) is 12.4 Å². The number of rotatable bonds is 5. The number of pyridine rings is 1. The Morgan fingerprint density at radius 3 is 2.75 bits per heavy atom. The van der Waals surface area contributed by atoms with E-state index in [1.165, 1.54) is 23.9 Å². The van der Waals surface area contributed by atoms with Gasteiger partial charge in [-0.15, -0.1) is 0 Å². The van der Waals surface area contributed by atoms with Gasteiger partial charge in [0, 0.05) is 23.8 Å². The Balaban J connectivity index is 2.03. The molecule has 0 fully saturated rings. The molecule has 1 amide bonds. The van der Waals surface area contributed by atoms with Crippen LogP contribution in [0.5, 0.6) is 5.75 Å². The number of aromatic amines is 1. The number of carbonyl (C=O) groups is 1. The predicted octanol–water partition coefficient (Wildman–Crippen LogP) is 2.72. The van der Waals surface area contributed by atoms with Gasteiger partial charge >= 0.3 is 5.69 Å². The standard InChI is InChI=1S/C19H19ClN4O4/c1-4-5-24-16-12(18(26)23-19(24)27)7-11(9-21-16)17(25)22-14-6-10(2)13(20)8-15(14)28-3/h6-9H,4-5H2,1-3H3,(H,22,25)(H,23,26,27). The summed E-state index contributed by atoms with van der Waals surface area (Å²) >= 11 is 6.09. The Kier molecular flexibility index (Phi) is 5.51. The number of hydrogen-bond acceptors (Lipinski definition) is 5. The van der Waals surface area contributed by atoms with E-state index in [1.807, 2.05) is 13.8 Å². The van der Waals surface area contributed by atoms with Crippen molar-refractivity contribution < 1.29 is 9.53 Å². The van der Waals surface area contributed by atoms with Crippen LogP contribution < -0.4 is 21.3 Å². The summed E-state index contributed by atoms with van der Waals surface area (Å²) in [5.41, 5.74) is 0.523. The first-order chi connectivity index (χ1) is 13.3. The average Bonchev–Trinajstić information content (AvgIpc) is 2.67. The first kappa shape index (κ1) is 19.6. The van der Waals surface area contributed by atoms with Crippen LogP contribution in [0.3, 0.4) is 0 Å². The number of hydrogen-bond donors (Lipinski definition) is 2. The number of aromatic nitrogens is 3. The molecule has 0 spiro atoms. The highest BCUT2D eigenvalue weighted by Gasteiger charge is 2.15. The zero-order valence-corrected chi connectivity index (χ0v) is 16.4. The first-order valence-electron chi connectivity index (χ1n) is 8.64. The molecule has 1 aromatic carbocycles. The van der Waals surface area contributed by atoms with Crippen LogP contribution in [0.25, 0.3) is 11.0 Å². The zero-order valence-electron chi connectivity index (χ0n) is 15.6. The lowest BCUT2D eigenvalue weighted by molar-refractivity contribution is 0.102. The average molecular weight is 403 g/mol. The summed E-state index contributed by atoms with van der Waals surface area (Å²) in [5, 5.41) is 3.42. The predicted molar refractivity (Wildman–Crippen MR) is 108 cm³/mol. The maximum absolute atomic E-state index is 12.7. The Bertz CT molecular complexity index is 1180. The lowest BCUT2D eigenvalue weighted by Crippen LogP contribution is -2.31. The van der Waals surface area contributed by atoms with Crippen molar-refractivity contribution in [3.8, 4) is 5.75 Å². The van der Waals surface area contributed by atoms with Crippen molar-refractivity contribution in [1.29, 1.82) is 0 Å². The number of aryl methyl sites for hydroxylation is 2. The molecule has 0 unspecified atom stereocenters. The van der Waals surface area contributed by atoms with E-state index in [4.69, 9.17) is 16.3 Å². The van der Waals surface area contributed by atoms with Crippen LogP contribution in [0.4, 0.5) is 5.69 Å². The van der Waals surface area contributed by atoms with Gasteiger partial charge in [-0.2, -0.15) is 0 Å². The summed E-state index contributed by atoms with van der Waals surface area (Å²) in [6.07, 6.45) is 2.03. The van der Waals surface area contributed by atoms with Gasteiger partial charge in [0.2, 0.25) is 0 Å². The second kappa shape index (κ2) is 7.85. The lowest BCUT2D eigenvalue weighted by Gasteiger charge is -2.13. The highest BCUT2D eigenvalue weighted by molar-refractivity contribution is 6.31. The van der Waals surface area contributed by atoms with E-state index in [2.05, 4.69) is 15.3 Å². The second-order valence-electron chi connectivity index (χ2n) is 6.26. The van der Waals surface area contributed by atoms with E-state index in [-0.39, 0.29) is 16.6 Å².